The third-order valence-corrected chi connectivity index (χ3v) is 6.64. The Bertz CT molecular complexity index is 1500. The normalized spacial score (nSPS) is 14.6. The molecule has 4 aromatic rings. The number of carbonyl (C=O) groups is 1. The summed E-state index contributed by atoms with van der Waals surface area (Å²) in [4.78, 5) is 28.0. The van der Waals surface area contributed by atoms with E-state index in [1.54, 1.807) is 24.3 Å². The van der Waals surface area contributed by atoms with E-state index in [1.165, 1.54) is 29.5 Å². The van der Waals surface area contributed by atoms with Crippen molar-refractivity contribution in [3.63, 3.8) is 0 Å². The Morgan fingerprint density at radius 3 is 2.60 bits per heavy atom. The van der Waals surface area contributed by atoms with Crippen LogP contribution in [0.25, 0.3) is 5.82 Å². The summed E-state index contributed by atoms with van der Waals surface area (Å²) in [5.41, 5.74) is 0.849. The number of hydrogen-bond donors (Lipinski definition) is 3. The van der Waals surface area contributed by atoms with Gasteiger partial charge < -0.3 is 20.9 Å². The molecule has 1 fully saturated rings. The van der Waals surface area contributed by atoms with E-state index < -0.39 is 17.6 Å². The second-order valence-electron chi connectivity index (χ2n) is 9.68. The molecule has 0 bridgehead atoms. The maximum absolute atomic E-state index is 13.0. The predicted octanol–water partition coefficient (Wildman–Crippen LogP) is 4.89. The number of aryl methyl sites for hydroxylation is 1. The van der Waals surface area contributed by atoms with Crippen LogP contribution < -0.4 is 16.0 Å². The molecule has 2 aromatic carbocycles. The van der Waals surface area contributed by atoms with Gasteiger partial charge >= 0.3 is 6.18 Å². The first-order chi connectivity index (χ1) is 19.1. The number of hydrogen-bond acceptors (Lipinski definition) is 8. The van der Waals surface area contributed by atoms with Gasteiger partial charge in [0.25, 0.3) is 5.91 Å². The molecule has 5 rings (SSSR count). The highest BCUT2D eigenvalue weighted by molar-refractivity contribution is 6.05. The van der Waals surface area contributed by atoms with Crippen LogP contribution in [0.5, 0.6) is 0 Å². The number of piperidine rings is 1. The number of alkyl halides is 3. The summed E-state index contributed by atoms with van der Waals surface area (Å²) in [6, 6.07) is 11.5. The van der Waals surface area contributed by atoms with Crippen LogP contribution in [-0.2, 0) is 6.18 Å². The second kappa shape index (κ2) is 11.3. The summed E-state index contributed by atoms with van der Waals surface area (Å²) in [7, 11) is 2.11. The van der Waals surface area contributed by atoms with Crippen LogP contribution in [0.2, 0.25) is 0 Å². The quantitative estimate of drug-likeness (QED) is 0.298. The molecule has 3 N–H and O–H groups in total. The first-order valence-corrected chi connectivity index (χ1v) is 12.7. The second-order valence-corrected chi connectivity index (χ2v) is 9.68. The Hall–Kier alpha value is -4.52. The van der Waals surface area contributed by atoms with E-state index >= 15 is 0 Å². The van der Waals surface area contributed by atoms with Gasteiger partial charge in [-0.25, -0.2) is 14.6 Å². The molecule has 2 aromatic heterocycles. The molecule has 1 saturated heterocycles. The number of aromatic nitrogens is 5. The zero-order valence-electron chi connectivity index (χ0n) is 21.9. The van der Waals surface area contributed by atoms with Gasteiger partial charge in [0.05, 0.1) is 5.56 Å². The first-order valence-electron chi connectivity index (χ1n) is 12.7. The summed E-state index contributed by atoms with van der Waals surface area (Å²) in [6.07, 6.45) is 0.545. The van der Waals surface area contributed by atoms with Crippen LogP contribution in [0, 0.1) is 6.92 Å². The van der Waals surface area contributed by atoms with Gasteiger partial charge in [-0.15, -0.1) is 5.10 Å². The zero-order valence-corrected chi connectivity index (χ0v) is 21.9. The lowest BCUT2D eigenvalue weighted by atomic mass is 10.1. The van der Waals surface area contributed by atoms with Gasteiger partial charge in [0.2, 0.25) is 5.95 Å². The third kappa shape index (κ3) is 6.54. The van der Waals surface area contributed by atoms with Crippen LogP contribution >= 0.6 is 0 Å². The number of carbonyl (C=O) groups excluding carboxylic acids is 1. The van der Waals surface area contributed by atoms with Gasteiger partial charge in [-0.2, -0.15) is 18.2 Å². The van der Waals surface area contributed by atoms with Gasteiger partial charge in [0.15, 0.2) is 5.82 Å². The largest absolute Gasteiger partial charge is 0.416 e. The number of anilines is 4. The average Bonchev–Trinajstić information content (AvgIpc) is 3.40. The molecular formula is C27H28F3N9O. The number of halogens is 3. The van der Waals surface area contributed by atoms with Crippen molar-refractivity contribution in [2.24, 2.45) is 0 Å². The van der Waals surface area contributed by atoms with Crippen molar-refractivity contribution in [1.82, 2.24) is 29.6 Å². The van der Waals surface area contributed by atoms with E-state index in [9.17, 15) is 18.0 Å². The van der Waals surface area contributed by atoms with E-state index in [0.717, 1.165) is 43.6 Å². The average molecular weight is 552 g/mol. The zero-order chi connectivity index (χ0) is 28.3. The molecular weight excluding hydrogens is 523 g/mol. The van der Waals surface area contributed by atoms with Crippen molar-refractivity contribution in [3.8, 4) is 5.82 Å². The molecule has 3 heterocycles. The topological polar surface area (TPSA) is 113 Å². The van der Waals surface area contributed by atoms with Gasteiger partial charge in [-0.1, -0.05) is 12.1 Å². The van der Waals surface area contributed by atoms with E-state index in [0.29, 0.717) is 23.4 Å². The summed E-state index contributed by atoms with van der Waals surface area (Å²) >= 11 is 0. The highest BCUT2D eigenvalue weighted by atomic mass is 19.4. The van der Waals surface area contributed by atoms with E-state index in [4.69, 9.17) is 0 Å². The van der Waals surface area contributed by atoms with Crippen LogP contribution in [0.3, 0.4) is 0 Å². The van der Waals surface area contributed by atoms with Crippen LogP contribution in [0.1, 0.15) is 34.3 Å². The molecule has 0 unspecified atom stereocenters. The first kappa shape index (κ1) is 27.1. The van der Waals surface area contributed by atoms with E-state index in [2.05, 4.69) is 47.9 Å². The summed E-state index contributed by atoms with van der Waals surface area (Å²) < 4.78 is 40.6. The number of nitrogens with zero attached hydrogens (tertiary/aromatic N) is 6. The molecule has 0 atom stereocenters. The molecule has 1 aliphatic rings. The fraction of sp³-hybridized carbons (Fsp3) is 0.296. The van der Waals surface area contributed by atoms with Crippen molar-refractivity contribution in [3.05, 3.63) is 77.9 Å². The Kier molecular flexibility index (Phi) is 7.65. The van der Waals surface area contributed by atoms with Gasteiger partial charge in [0, 0.05) is 29.0 Å². The van der Waals surface area contributed by atoms with Crippen molar-refractivity contribution < 1.29 is 18.0 Å². The fourth-order valence-electron chi connectivity index (χ4n) is 4.34. The molecule has 0 radical (unpaired) electrons. The number of benzene rings is 2. The smallest absolute Gasteiger partial charge is 0.367 e. The summed E-state index contributed by atoms with van der Waals surface area (Å²) in [5, 5.41) is 13.5. The number of likely N-dealkylation sites (tertiary alicyclic amines) is 1. The molecule has 1 aliphatic heterocycles. The lowest BCUT2D eigenvalue weighted by Gasteiger charge is -2.29. The highest BCUT2D eigenvalue weighted by Gasteiger charge is 2.30. The maximum atomic E-state index is 13.0. The monoisotopic (exact) mass is 551 g/mol. The Labute approximate surface area is 228 Å². The Morgan fingerprint density at radius 1 is 1.02 bits per heavy atom. The Morgan fingerprint density at radius 2 is 1.82 bits per heavy atom. The minimum absolute atomic E-state index is 0.0462. The Balaban J connectivity index is 1.27. The van der Waals surface area contributed by atoms with Crippen molar-refractivity contribution in [2.45, 2.75) is 32.0 Å². The highest BCUT2D eigenvalue weighted by Crippen LogP contribution is 2.31. The molecule has 1 amide bonds. The predicted molar refractivity (Wildman–Crippen MR) is 145 cm³/mol. The molecule has 0 spiro atoms. The summed E-state index contributed by atoms with van der Waals surface area (Å²) in [6.45, 7) is 3.90. The number of rotatable bonds is 7. The number of amides is 1. The standard InChI is InChI=1S/C27H28F3N9O/c1-17-6-7-18(25(40)35-21-5-3-4-19(13-21)27(28,29)30)12-22(17)36-26-33-16-39(37-26)24-14-23(31-15-32-24)34-20-8-10-38(2)11-9-20/h3-7,12-16,20H,8-11H2,1-2H3,(H,35,40)(H,36,37)(H,31,32,34). The molecule has 10 nitrogen and oxygen atoms in total. The van der Waals surface area contributed by atoms with Crippen molar-refractivity contribution in [2.75, 3.05) is 36.1 Å². The summed E-state index contributed by atoms with van der Waals surface area (Å²) in [5.74, 6) is 0.977. The fourth-order valence-corrected chi connectivity index (χ4v) is 4.34. The lowest BCUT2D eigenvalue weighted by molar-refractivity contribution is -0.137. The third-order valence-electron chi connectivity index (χ3n) is 6.64. The van der Waals surface area contributed by atoms with Crippen LogP contribution in [0.15, 0.2) is 61.2 Å². The minimum atomic E-state index is -4.51. The van der Waals surface area contributed by atoms with Gasteiger partial charge in [-0.05, 0) is 75.8 Å². The minimum Gasteiger partial charge on any atom is -0.367 e. The van der Waals surface area contributed by atoms with Gasteiger partial charge in [-0.3, -0.25) is 4.79 Å². The van der Waals surface area contributed by atoms with E-state index in [1.807, 2.05) is 6.92 Å². The molecule has 0 aliphatic carbocycles. The molecule has 208 valence electrons. The van der Waals surface area contributed by atoms with Gasteiger partial charge in [0.1, 0.15) is 18.5 Å². The van der Waals surface area contributed by atoms with Crippen LogP contribution in [0.4, 0.5) is 36.3 Å². The van der Waals surface area contributed by atoms with Crippen LogP contribution in [-0.4, -0.2) is 61.7 Å². The maximum Gasteiger partial charge on any atom is 0.416 e. The van der Waals surface area contributed by atoms with Crippen molar-refractivity contribution >= 4 is 29.0 Å². The molecule has 0 saturated carbocycles. The number of nitrogens with one attached hydrogen (secondary N) is 3. The lowest BCUT2D eigenvalue weighted by Crippen LogP contribution is -2.36. The molecule has 13 heteroatoms. The SMILES string of the molecule is Cc1ccc(C(=O)Nc2cccc(C(F)(F)F)c2)cc1Nc1ncn(-c2cc(NC3CCN(C)CC3)ncn2)n1. The van der Waals surface area contributed by atoms with Crippen molar-refractivity contribution in [1.29, 1.82) is 0 Å². The molecule has 40 heavy (non-hydrogen) atoms. The van der Waals surface area contributed by atoms with E-state index in [-0.39, 0.29) is 17.2 Å².